The zero-order valence-electron chi connectivity index (χ0n) is 24.3. The number of carbonyl (C=O) groups excluding carboxylic acids is 2. The Labute approximate surface area is 257 Å². The number of nitrogens with one attached hydrogen (secondary N) is 1. The predicted octanol–water partition coefficient (Wildman–Crippen LogP) is 7.82. The average molecular weight is 605 g/mol. The van der Waals surface area contributed by atoms with Crippen LogP contribution in [0.15, 0.2) is 78.9 Å². The average Bonchev–Trinajstić information content (AvgIpc) is 3.00. The molecular weight excluding hydrogens is 568 g/mol. The first-order valence-electron chi connectivity index (χ1n) is 14.1. The van der Waals surface area contributed by atoms with Gasteiger partial charge < -0.3 is 14.8 Å². The third-order valence-electron chi connectivity index (χ3n) is 6.78. The Kier molecular flexibility index (Phi) is 11.7. The van der Waals surface area contributed by atoms with Gasteiger partial charge in [-0.25, -0.2) is 9.78 Å². The van der Waals surface area contributed by atoms with E-state index in [2.05, 4.69) is 31.3 Å². The molecule has 4 rings (SSSR count). The number of nitrogens with zero attached hydrogens (tertiary/aromatic N) is 1. The molecule has 0 aliphatic heterocycles. The van der Waals surface area contributed by atoms with Crippen LogP contribution >= 0.6 is 23.4 Å². The molecule has 0 bridgehead atoms. The summed E-state index contributed by atoms with van der Waals surface area (Å²) in [6.07, 6.45) is 1.92. The van der Waals surface area contributed by atoms with Crippen LogP contribution in [0.1, 0.15) is 59.1 Å². The summed E-state index contributed by atoms with van der Waals surface area (Å²) >= 11 is 7.90. The number of benzene rings is 3. The molecule has 1 aromatic heterocycles. The van der Waals surface area contributed by atoms with E-state index in [9.17, 15) is 9.59 Å². The van der Waals surface area contributed by atoms with E-state index in [1.165, 1.54) is 7.11 Å². The van der Waals surface area contributed by atoms with Gasteiger partial charge in [-0.1, -0.05) is 67.9 Å². The normalized spacial score (nSPS) is 11.8. The van der Waals surface area contributed by atoms with E-state index >= 15 is 0 Å². The fourth-order valence-electron chi connectivity index (χ4n) is 4.56. The predicted molar refractivity (Wildman–Crippen MR) is 171 cm³/mol. The Morgan fingerprint density at radius 2 is 1.81 bits per heavy atom. The summed E-state index contributed by atoms with van der Waals surface area (Å²) in [5, 5.41) is 4.77. The number of thioether (sulfide) groups is 1. The van der Waals surface area contributed by atoms with E-state index in [-0.39, 0.29) is 17.1 Å². The molecule has 0 aliphatic carbocycles. The van der Waals surface area contributed by atoms with Crippen molar-refractivity contribution in [1.82, 2.24) is 10.3 Å². The van der Waals surface area contributed by atoms with Crippen LogP contribution in [0.4, 0.5) is 0 Å². The van der Waals surface area contributed by atoms with Gasteiger partial charge in [-0.15, -0.1) is 0 Å². The summed E-state index contributed by atoms with van der Waals surface area (Å²) in [7, 11) is 1.40. The zero-order valence-corrected chi connectivity index (χ0v) is 25.8. The lowest BCUT2D eigenvalue weighted by molar-refractivity contribution is -0.120. The number of fused-ring (bicyclic) bond motifs is 1. The molecule has 42 heavy (non-hydrogen) atoms. The highest BCUT2D eigenvalue weighted by molar-refractivity contribution is 7.99. The van der Waals surface area contributed by atoms with Gasteiger partial charge in [-0.3, -0.25) is 4.79 Å². The van der Waals surface area contributed by atoms with Crippen molar-refractivity contribution in [2.45, 2.75) is 45.0 Å². The highest BCUT2D eigenvalue weighted by Gasteiger charge is 2.17. The zero-order chi connectivity index (χ0) is 29.9. The van der Waals surface area contributed by atoms with E-state index in [1.807, 2.05) is 60.7 Å². The van der Waals surface area contributed by atoms with Crippen LogP contribution in [0, 0.1) is 5.92 Å². The molecule has 1 heterocycles. The van der Waals surface area contributed by atoms with Crippen molar-refractivity contribution in [2.75, 3.05) is 19.4 Å². The largest absolute Gasteiger partial charge is 0.487 e. The molecule has 1 N–H and O–H groups in total. The van der Waals surface area contributed by atoms with Gasteiger partial charge in [-0.2, -0.15) is 11.8 Å². The molecule has 4 aromatic rings. The SMILES string of the molecule is COC(=O)c1ccccc1CCC(SCCC(=O)NCC(C)C)c1cccc(OCc2ccc3ccc(Cl)cc3n2)c1. The Hall–Kier alpha value is -3.55. The number of hydrogen-bond donors (Lipinski definition) is 1. The third kappa shape index (κ3) is 9.23. The van der Waals surface area contributed by atoms with Crippen LogP contribution in [0.3, 0.4) is 0 Å². The van der Waals surface area contributed by atoms with Crippen LogP contribution in [-0.4, -0.2) is 36.3 Å². The summed E-state index contributed by atoms with van der Waals surface area (Å²) in [4.78, 5) is 29.4. The van der Waals surface area contributed by atoms with Gasteiger partial charge >= 0.3 is 5.97 Å². The minimum absolute atomic E-state index is 0.0623. The van der Waals surface area contributed by atoms with Gasteiger partial charge in [0, 0.05) is 34.4 Å². The van der Waals surface area contributed by atoms with E-state index in [4.69, 9.17) is 26.1 Å². The number of amides is 1. The van der Waals surface area contributed by atoms with Crippen molar-refractivity contribution in [2.24, 2.45) is 5.92 Å². The monoisotopic (exact) mass is 604 g/mol. The maximum atomic E-state index is 12.4. The molecule has 3 aromatic carbocycles. The van der Waals surface area contributed by atoms with E-state index in [0.29, 0.717) is 48.3 Å². The maximum Gasteiger partial charge on any atom is 0.338 e. The number of aromatic nitrogens is 1. The number of esters is 1. The lowest BCUT2D eigenvalue weighted by Crippen LogP contribution is -2.27. The molecule has 1 unspecified atom stereocenters. The van der Waals surface area contributed by atoms with Gasteiger partial charge in [-0.05, 0) is 66.3 Å². The number of hydrogen-bond acceptors (Lipinski definition) is 6. The van der Waals surface area contributed by atoms with Crippen molar-refractivity contribution in [3.8, 4) is 5.75 Å². The Morgan fingerprint density at radius 1 is 1.00 bits per heavy atom. The van der Waals surface area contributed by atoms with Gasteiger partial charge in [0.1, 0.15) is 12.4 Å². The van der Waals surface area contributed by atoms with Crippen LogP contribution in [0.25, 0.3) is 10.9 Å². The first kappa shape index (κ1) is 31.4. The van der Waals surface area contributed by atoms with Gasteiger partial charge in [0.25, 0.3) is 0 Å². The molecule has 6 nitrogen and oxygen atoms in total. The first-order valence-corrected chi connectivity index (χ1v) is 15.6. The minimum Gasteiger partial charge on any atom is -0.487 e. The first-order chi connectivity index (χ1) is 20.3. The van der Waals surface area contributed by atoms with Crippen LogP contribution in [0.5, 0.6) is 5.75 Å². The Bertz CT molecular complexity index is 1510. The fraction of sp³-hybridized carbons (Fsp3) is 0.324. The highest BCUT2D eigenvalue weighted by atomic mass is 35.5. The lowest BCUT2D eigenvalue weighted by Gasteiger charge is -2.19. The molecule has 0 radical (unpaired) electrons. The molecule has 0 fully saturated rings. The van der Waals surface area contributed by atoms with Crippen molar-refractivity contribution in [3.05, 3.63) is 106 Å². The molecule has 0 saturated carbocycles. The molecule has 0 spiro atoms. The number of aryl methyl sites for hydroxylation is 1. The molecule has 1 amide bonds. The van der Waals surface area contributed by atoms with Crippen molar-refractivity contribution >= 4 is 46.1 Å². The quantitative estimate of drug-likeness (QED) is 0.148. The van der Waals surface area contributed by atoms with E-state index in [1.54, 1.807) is 17.8 Å². The summed E-state index contributed by atoms with van der Waals surface area (Å²) in [6.45, 7) is 5.16. The molecule has 0 saturated heterocycles. The Morgan fingerprint density at radius 3 is 2.62 bits per heavy atom. The molecular formula is C34H37ClN2O4S. The summed E-state index contributed by atoms with van der Waals surface area (Å²) < 4.78 is 11.1. The van der Waals surface area contributed by atoms with Crippen LogP contribution < -0.4 is 10.1 Å². The lowest BCUT2D eigenvalue weighted by atomic mass is 9.99. The van der Waals surface area contributed by atoms with Crippen molar-refractivity contribution in [1.29, 1.82) is 0 Å². The standard InChI is InChI=1S/C34H37ClN2O4S/c1-23(2)21-36-33(38)17-18-42-32(16-13-24-7-4-5-10-30(24)34(39)40-3)26-8-6-9-29(19-26)41-22-28-15-12-25-11-14-27(35)20-31(25)37-28/h4-12,14-15,19-20,23,32H,13,16-18,21-22H2,1-3H3,(H,36,38). The number of ether oxygens (including phenoxy) is 2. The second kappa shape index (κ2) is 15.6. The number of methoxy groups -OCH3 is 1. The van der Waals surface area contributed by atoms with Gasteiger partial charge in [0.15, 0.2) is 0 Å². The molecule has 1 atom stereocenters. The van der Waals surface area contributed by atoms with Crippen LogP contribution in [-0.2, 0) is 22.6 Å². The summed E-state index contributed by atoms with van der Waals surface area (Å²) in [6, 6.07) is 25.3. The molecule has 220 valence electrons. The fourth-order valence-corrected chi connectivity index (χ4v) is 5.93. The smallest absolute Gasteiger partial charge is 0.338 e. The topological polar surface area (TPSA) is 77.5 Å². The Balaban J connectivity index is 1.47. The van der Waals surface area contributed by atoms with E-state index < -0.39 is 0 Å². The third-order valence-corrected chi connectivity index (χ3v) is 8.37. The number of carbonyl (C=O) groups is 2. The van der Waals surface area contributed by atoms with Crippen LogP contribution in [0.2, 0.25) is 5.02 Å². The van der Waals surface area contributed by atoms with E-state index in [0.717, 1.165) is 39.9 Å². The second-order valence-electron chi connectivity index (χ2n) is 10.5. The minimum atomic E-state index is -0.336. The number of halogens is 1. The second-order valence-corrected chi connectivity index (χ2v) is 12.2. The van der Waals surface area contributed by atoms with Gasteiger partial charge in [0.2, 0.25) is 5.91 Å². The molecule has 0 aliphatic rings. The highest BCUT2D eigenvalue weighted by Crippen LogP contribution is 2.36. The molecule has 8 heteroatoms. The van der Waals surface area contributed by atoms with Crippen molar-refractivity contribution < 1.29 is 19.1 Å². The van der Waals surface area contributed by atoms with Crippen molar-refractivity contribution in [3.63, 3.8) is 0 Å². The number of pyridine rings is 1. The summed E-state index contributed by atoms with van der Waals surface area (Å²) in [5.41, 5.74) is 4.28. The van der Waals surface area contributed by atoms with Gasteiger partial charge in [0.05, 0.1) is 23.9 Å². The summed E-state index contributed by atoms with van der Waals surface area (Å²) in [5.74, 6) is 1.57. The number of rotatable bonds is 14. The maximum absolute atomic E-state index is 12.4.